The average Bonchev–Trinajstić information content (AvgIpc) is 3.16. The van der Waals surface area contributed by atoms with Gasteiger partial charge in [0.15, 0.2) is 5.82 Å². The first kappa shape index (κ1) is 19.1. The van der Waals surface area contributed by atoms with Crippen molar-refractivity contribution in [1.82, 2.24) is 25.1 Å². The lowest BCUT2D eigenvalue weighted by molar-refractivity contribution is -0.141. The summed E-state index contributed by atoms with van der Waals surface area (Å²) in [7, 11) is 1.87. The second-order valence-corrected chi connectivity index (χ2v) is 6.67. The minimum Gasteiger partial charge on any atom is -0.312 e. The highest BCUT2D eigenvalue weighted by Crippen LogP contribution is 2.29. The van der Waals surface area contributed by atoms with Crippen molar-refractivity contribution in [3.8, 4) is 17.1 Å². The summed E-state index contributed by atoms with van der Waals surface area (Å²) in [5, 5.41) is 8.19. The summed E-state index contributed by atoms with van der Waals surface area (Å²) < 4.78 is 40.5. The Morgan fingerprint density at radius 1 is 1.00 bits per heavy atom. The normalized spacial score (nSPS) is 13.0. The number of rotatable bonds is 4. The summed E-state index contributed by atoms with van der Waals surface area (Å²) >= 11 is 0. The average molecular weight is 397 g/mol. The molecule has 0 saturated carbocycles. The number of hydrogen-bond donors (Lipinski definition) is 1. The Hall–Kier alpha value is -3.26. The minimum atomic E-state index is -4.52. The van der Waals surface area contributed by atoms with Crippen molar-refractivity contribution in [2.24, 2.45) is 0 Å². The van der Waals surface area contributed by atoms with Crippen molar-refractivity contribution in [3.63, 3.8) is 0 Å². The molecule has 3 heterocycles. The zero-order valence-electron chi connectivity index (χ0n) is 15.8. The molecular formula is C21H18F3N5. The lowest BCUT2D eigenvalue weighted by atomic mass is 10.1. The standard InChI is InChI=1S/C21H18F3N5/c1-13(25-2)16-5-3-6-17(27-16)14-9-10-15-12-26-29(18(15)11-14)20-8-4-7-19(28-20)21(22,23)24/h3-13,25H,1-2H3. The van der Waals surface area contributed by atoms with E-state index in [1.54, 1.807) is 6.20 Å². The van der Waals surface area contributed by atoms with Gasteiger partial charge in [0.25, 0.3) is 0 Å². The lowest BCUT2D eigenvalue weighted by Crippen LogP contribution is -2.13. The Morgan fingerprint density at radius 3 is 2.55 bits per heavy atom. The van der Waals surface area contributed by atoms with E-state index in [2.05, 4.69) is 15.4 Å². The van der Waals surface area contributed by atoms with Crippen LogP contribution < -0.4 is 5.32 Å². The van der Waals surface area contributed by atoms with Gasteiger partial charge in [0.2, 0.25) is 0 Å². The molecule has 0 spiro atoms. The van der Waals surface area contributed by atoms with E-state index in [1.807, 2.05) is 50.4 Å². The van der Waals surface area contributed by atoms with Crippen LogP contribution in [0.1, 0.15) is 24.4 Å². The number of nitrogens with one attached hydrogen (secondary N) is 1. The quantitative estimate of drug-likeness (QED) is 0.538. The Kier molecular flexibility index (Phi) is 4.79. The predicted octanol–water partition coefficient (Wildman–Crippen LogP) is 4.78. The van der Waals surface area contributed by atoms with Gasteiger partial charge in [-0.05, 0) is 44.3 Å². The third-order valence-corrected chi connectivity index (χ3v) is 4.76. The zero-order chi connectivity index (χ0) is 20.6. The molecule has 1 N–H and O–H groups in total. The van der Waals surface area contributed by atoms with Gasteiger partial charge in [-0.15, -0.1) is 0 Å². The van der Waals surface area contributed by atoms with E-state index in [4.69, 9.17) is 4.98 Å². The van der Waals surface area contributed by atoms with Crippen LogP contribution in [0.25, 0.3) is 28.0 Å². The minimum absolute atomic E-state index is 0.0958. The van der Waals surface area contributed by atoms with Crippen LogP contribution in [0, 0.1) is 0 Å². The summed E-state index contributed by atoms with van der Waals surface area (Å²) in [6.07, 6.45) is -2.91. The van der Waals surface area contributed by atoms with Gasteiger partial charge in [-0.25, -0.2) is 9.67 Å². The molecule has 4 aromatic rings. The van der Waals surface area contributed by atoms with Gasteiger partial charge in [0, 0.05) is 17.0 Å². The number of nitrogens with zero attached hydrogens (tertiary/aromatic N) is 4. The highest BCUT2D eigenvalue weighted by Gasteiger charge is 2.32. The third kappa shape index (κ3) is 3.71. The Morgan fingerprint density at radius 2 is 1.79 bits per heavy atom. The van der Waals surface area contributed by atoms with Crippen LogP contribution >= 0.6 is 0 Å². The lowest BCUT2D eigenvalue weighted by Gasteiger charge is -2.11. The summed E-state index contributed by atoms with van der Waals surface area (Å²) in [5.74, 6) is 0.109. The highest BCUT2D eigenvalue weighted by atomic mass is 19.4. The van der Waals surface area contributed by atoms with Crippen molar-refractivity contribution < 1.29 is 13.2 Å². The molecule has 0 radical (unpaired) electrons. The van der Waals surface area contributed by atoms with E-state index >= 15 is 0 Å². The summed E-state index contributed by atoms with van der Waals surface area (Å²) in [5.41, 5.74) is 2.22. The smallest absolute Gasteiger partial charge is 0.312 e. The van der Waals surface area contributed by atoms with Gasteiger partial charge < -0.3 is 5.32 Å². The molecule has 0 saturated heterocycles. The SMILES string of the molecule is CNC(C)c1cccc(-c2ccc3cnn(-c4cccc(C(F)(F)F)n4)c3c2)n1. The topological polar surface area (TPSA) is 55.6 Å². The Bertz CT molecular complexity index is 1170. The van der Waals surface area contributed by atoms with Gasteiger partial charge in [0.05, 0.1) is 23.1 Å². The first-order chi connectivity index (χ1) is 13.9. The molecule has 0 aliphatic heterocycles. The third-order valence-electron chi connectivity index (χ3n) is 4.76. The number of hydrogen-bond acceptors (Lipinski definition) is 4. The maximum Gasteiger partial charge on any atom is 0.433 e. The molecule has 8 heteroatoms. The monoisotopic (exact) mass is 397 g/mol. The highest BCUT2D eigenvalue weighted by molar-refractivity contribution is 5.84. The van der Waals surface area contributed by atoms with Gasteiger partial charge in [-0.1, -0.05) is 24.3 Å². The summed E-state index contributed by atoms with van der Waals surface area (Å²) in [6.45, 7) is 2.02. The molecule has 5 nitrogen and oxygen atoms in total. The van der Waals surface area contributed by atoms with Gasteiger partial charge in [-0.2, -0.15) is 18.3 Å². The first-order valence-electron chi connectivity index (χ1n) is 9.04. The fourth-order valence-corrected chi connectivity index (χ4v) is 3.06. The number of halogens is 3. The van der Waals surface area contributed by atoms with Crippen molar-refractivity contribution in [1.29, 1.82) is 0 Å². The fourth-order valence-electron chi connectivity index (χ4n) is 3.06. The molecule has 0 aliphatic carbocycles. The number of alkyl halides is 3. The molecule has 0 amide bonds. The molecule has 1 atom stereocenters. The van der Waals surface area contributed by atoms with E-state index in [-0.39, 0.29) is 11.9 Å². The van der Waals surface area contributed by atoms with Crippen LogP contribution in [0.5, 0.6) is 0 Å². The van der Waals surface area contributed by atoms with Crippen molar-refractivity contribution in [2.45, 2.75) is 19.1 Å². The number of pyridine rings is 2. The van der Waals surface area contributed by atoms with Gasteiger partial charge in [-0.3, -0.25) is 4.98 Å². The van der Waals surface area contributed by atoms with Crippen LogP contribution in [0.15, 0.2) is 60.8 Å². The molecule has 29 heavy (non-hydrogen) atoms. The number of fused-ring (bicyclic) bond motifs is 1. The Balaban J connectivity index is 1.80. The predicted molar refractivity (Wildman–Crippen MR) is 105 cm³/mol. The maximum absolute atomic E-state index is 13.0. The van der Waals surface area contributed by atoms with Crippen LogP contribution in [0.2, 0.25) is 0 Å². The van der Waals surface area contributed by atoms with Crippen LogP contribution in [0.4, 0.5) is 13.2 Å². The molecule has 4 rings (SSSR count). The molecule has 3 aromatic heterocycles. The molecular weight excluding hydrogens is 379 g/mol. The molecule has 0 bridgehead atoms. The molecule has 148 valence electrons. The van der Waals surface area contributed by atoms with E-state index in [9.17, 15) is 13.2 Å². The van der Waals surface area contributed by atoms with Gasteiger partial charge in [0.1, 0.15) is 5.69 Å². The van der Waals surface area contributed by atoms with Crippen molar-refractivity contribution in [2.75, 3.05) is 7.05 Å². The summed E-state index contributed by atoms with van der Waals surface area (Å²) in [6, 6.07) is 15.3. The van der Waals surface area contributed by atoms with E-state index in [0.717, 1.165) is 28.4 Å². The Labute approximate surface area is 165 Å². The number of benzene rings is 1. The fraction of sp³-hybridized carbons (Fsp3) is 0.190. The molecule has 0 aliphatic rings. The molecule has 0 fully saturated rings. The van der Waals surface area contributed by atoms with Crippen molar-refractivity contribution in [3.05, 3.63) is 72.2 Å². The first-order valence-corrected chi connectivity index (χ1v) is 9.04. The largest absolute Gasteiger partial charge is 0.433 e. The zero-order valence-corrected chi connectivity index (χ0v) is 15.8. The summed E-state index contributed by atoms with van der Waals surface area (Å²) in [4.78, 5) is 8.44. The molecule has 1 aromatic carbocycles. The van der Waals surface area contributed by atoms with Crippen LogP contribution in [-0.2, 0) is 6.18 Å². The van der Waals surface area contributed by atoms with E-state index in [0.29, 0.717) is 5.52 Å². The van der Waals surface area contributed by atoms with Crippen LogP contribution in [0.3, 0.4) is 0 Å². The van der Waals surface area contributed by atoms with Gasteiger partial charge >= 0.3 is 6.18 Å². The maximum atomic E-state index is 13.0. The van der Waals surface area contributed by atoms with E-state index in [1.165, 1.54) is 16.8 Å². The van der Waals surface area contributed by atoms with Crippen molar-refractivity contribution >= 4 is 10.9 Å². The molecule has 1 unspecified atom stereocenters. The second-order valence-electron chi connectivity index (χ2n) is 6.67. The van der Waals surface area contributed by atoms with Crippen LogP contribution in [-0.4, -0.2) is 26.8 Å². The number of aromatic nitrogens is 4. The second kappa shape index (κ2) is 7.29. The van der Waals surface area contributed by atoms with E-state index < -0.39 is 11.9 Å².